The molecule has 0 atom stereocenters. The topological polar surface area (TPSA) is 20.3 Å². The van der Waals surface area contributed by atoms with Gasteiger partial charge in [-0.15, -0.1) is 0 Å². The van der Waals surface area contributed by atoms with Crippen LogP contribution in [0.4, 0.5) is 0 Å². The van der Waals surface area contributed by atoms with Crippen molar-refractivity contribution in [3.63, 3.8) is 0 Å². The van der Waals surface area contributed by atoms with Crippen LogP contribution in [0.2, 0.25) is 0 Å². The highest BCUT2D eigenvalue weighted by Gasteiger charge is 2.14. The van der Waals surface area contributed by atoms with Crippen LogP contribution in [-0.2, 0) is 17.8 Å². The Bertz CT molecular complexity index is 790. The van der Waals surface area contributed by atoms with Gasteiger partial charge in [0.05, 0.1) is 6.42 Å². The molecule has 3 rings (SSSR count). The molecule has 116 valence electrons. The fraction of sp³-hybridized carbons (Fsp3) is 0.190. The molecule has 0 radical (unpaired) electrons. The van der Waals surface area contributed by atoms with Crippen LogP contribution in [0.5, 0.6) is 0 Å². The molecular weight excluding hydrogens is 282 g/mol. The molecule has 2 heteroatoms. The van der Waals surface area contributed by atoms with Gasteiger partial charge in [0.1, 0.15) is 0 Å². The standard InChI is InChI=1S/C21H21NO/c1-2-22(16-17-9-4-3-5-10-17)21(23)15-19-13-8-12-18-11-6-7-14-20(18)19/h3-14H,2,15-16H2,1H3. The highest BCUT2D eigenvalue weighted by Crippen LogP contribution is 2.19. The van der Waals surface area contributed by atoms with Crippen molar-refractivity contribution in [2.24, 2.45) is 0 Å². The summed E-state index contributed by atoms with van der Waals surface area (Å²) in [5, 5.41) is 2.35. The Labute approximate surface area is 137 Å². The van der Waals surface area contributed by atoms with E-state index in [4.69, 9.17) is 0 Å². The van der Waals surface area contributed by atoms with Gasteiger partial charge in [-0.25, -0.2) is 0 Å². The largest absolute Gasteiger partial charge is 0.338 e. The van der Waals surface area contributed by atoms with Crippen molar-refractivity contribution in [2.45, 2.75) is 19.9 Å². The lowest BCUT2D eigenvalue weighted by molar-refractivity contribution is -0.130. The fourth-order valence-electron chi connectivity index (χ4n) is 2.90. The second kappa shape index (κ2) is 7.10. The van der Waals surface area contributed by atoms with E-state index in [1.54, 1.807) is 0 Å². The van der Waals surface area contributed by atoms with E-state index >= 15 is 0 Å². The molecule has 0 saturated heterocycles. The number of nitrogens with zero attached hydrogens (tertiary/aromatic N) is 1. The van der Waals surface area contributed by atoms with Crippen LogP contribution in [0.25, 0.3) is 10.8 Å². The predicted molar refractivity (Wildman–Crippen MR) is 95.2 cm³/mol. The molecule has 0 heterocycles. The molecule has 0 N–H and O–H groups in total. The van der Waals surface area contributed by atoms with E-state index in [1.807, 2.05) is 48.2 Å². The summed E-state index contributed by atoms with van der Waals surface area (Å²) in [6, 6.07) is 24.5. The number of likely N-dealkylation sites (N-methyl/N-ethyl adjacent to an activating group) is 1. The van der Waals surface area contributed by atoms with E-state index < -0.39 is 0 Å². The molecule has 0 aliphatic heterocycles. The molecule has 2 nitrogen and oxygen atoms in total. The van der Waals surface area contributed by atoms with Crippen molar-refractivity contribution in [1.29, 1.82) is 0 Å². The van der Waals surface area contributed by atoms with Crippen molar-refractivity contribution in [3.05, 3.63) is 83.9 Å². The zero-order valence-electron chi connectivity index (χ0n) is 13.4. The summed E-state index contributed by atoms with van der Waals surface area (Å²) in [6.45, 7) is 3.42. The minimum atomic E-state index is 0.174. The van der Waals surface area contributed by atoms with E-state index in [-0.39, 0.29) is 5.91 Å². The van der Waals surface area contributed by atoms with E-state index in [0.29, 0.717) is 13.0 Å². The van der Waals surface area contributed by atoms with Crippen LogP contribution in [0.3, 0.4) is 0 Å². The van der Waals surface area contributed by atoms with Crippen LogP contribution in [-0.4, -0.2) is 17.4 Å². The number of carbonyl (C=O) groups is 1. The maximum absolute atomic E-state index is 12.7. The molecule has 0 bridgehead atoms. The lowest BCUT2D eigenvalue weighted by atomic mass is 10.0. The molecule has 0 spiro atoms. The zero-order valence-corrected chi connectivity index (χ0v) is 13.4. The summed E-state index contributed by atoms with van der Waals surface area (Å²) in [6.07, 6.45) is 0.446. The Hall–Kier alpha value is -2.61. The summed E-state index contributed by atoms with van der Waals surface area (Å²) in [5.74, 6) is 0.174. The zero-order chi connectivity index (χ0) is 16.1. The van der Waals surface area contributed by atoms with E-state index in [9.17, 15) is 4.79 Å². The Morgan fingerprint density at radius 3 is 2.35 bits per heavy atom. The van der Waals surface area contributed by atoms with E-state index in [1.165, 1.54) is 16.3 Å². The maximum atomic E-state index is 12.7. The van der Waals surface area contributed by atoms with Crippen LogP contribution < -0.4 is 0 Å². The van der Waals surface area contributed by atoms with Gasteiger partial charge in [-0.3, -0.25) is 4.79 Å². The van der Waals surface area contributed by atoms with Gasteiger partial charge in [0, 0.05) is 13.1 Å². The second-order valence-corrected chi connectivity index (χ2v) is 5.71. The monoisotopic (exact) mass is 303 g/mol. The van der Waals surface area contributed by atoms with Gasteiger partial charge >= 0.3 is 0 Å². The first-order valence-electron chi connectivity index (χ1n) is 8.06. The molecule has 0 aliphatic carbocycles. The van der Waals surface area contributed by atoms with E-state index in [0.717, 1.165) is 12.1 Å². The summed E-state index contributed by atoms with van der Waals surface area (Å²) in [4.78, 5) is 14.6. The molecule has 1 amide bonds. The van der Waals surface area contributed by atoms with Gasteiger partial charge in [-0.2, -0.15) is 0 Å². The highest BCUT2D eigenvalue weighted by molar-refractivity contribution is 5.90. The fourth-order valence-corrected chi connectivity index (χ4v) is 2.90. The Kier molecular flexibility index (Phi) is 4.72. The number of amides is 1. The summed E-state index contributed by atoms with van der Waals surface area (Å²) >= 11 is 0. The summed E-state index contributed by atoms with van der Waals surface area (Å²) in [7, 11) is 0. The molecule has 23 heavy (non-hydrogen) atoms. The normalized spacial score (nSPS) is 10.7. The molecule has 0 unspecified atom stereocenters. The third kappa shape index (κ3) is 3.59. The van der Waals surface area contributed by atoms with Gasteiger partial charge in [0.25, 0.3) is 0 Å². The smallest absolute Gasteiger partial charge is 0.227 e. The number of hydrogen-bond donors (Lipinski definition) is 0. The maximum Gasteiger partial charge on any atom is 0.227 e. The number of benzene rings is 3. The van der Waals surface area contributed by atoms with Crippen molar-refractivity contribution < 1.29 is 4.79 Å². The Morgan fingerprint density at radius 1 is 0.870 bits per heavy atom. The van der Waals surface area contributed by atoms with Gasteiger partial charge in [-0.05, 0) is 28.8 Å². The van der Waals surface area contributed by atoms with Crippen LogP contribution in [0.1, 0.15) is 18.1 Å². The molecule has 0 aromatic heterocycles. The number of carbonyl (C=O) groups excluding carboxylic acids is 1. The average Bonchev–Trinajstić information content (AvgIpc) is 2.61. The lowest BCUT2D eigenvalue weighted by Crippen LogP contribution is -2.31. The Balaban J connectivity index is 1.79. The molecule has 3 aromatic rings. The second-order valence-electron chi connectivity index (χ2n) is 5.71. The van der Waals surface area contributed by atoms with Gasteiger partial charge in [0.2, 0.25) is 5.91 Å². The summed E-state index contributed by atoms with van der Waals surface area (Å²) < 4.78 is 0. The molecular formula is C21H21NO. The first-order valence-corrected chi connectivity index (χ1v) is 8.06. The molecule has 0 saturated carbocycles. The SMILES string of the molecule is CCN(Cc1ccccc1)C(=O)Cc1cccc2ccccc12. The number of rotatable bonds is 5. The minimum absolute atomic E-state index is 0.174. The van der Waals surface area contributed by atoms with Crippen LogP contribution in [0.15, 0.2) is 72.8 Å². The predicted octanol–water partition coefficient (Wildman–Crippen LogP) is 4.43. The lowest BCUT2D eigenvalue weighted by Gasteiger charge is -2.21. The van der Waals surface area contributed by atoms with Gasteiger partial charge < -0.3 is 4.90 Å². The number of fused-ring (bicyclic) bond motifs is 1. The third-order valence-corrected chi connectivity index (χ3v) is 4.17. The number of hydrogen-bond acceptors (Lipinski definition) is 1. The Morgan fingerprint density at radius 2 is 1.57 bits per heavy atom. The molecule has 3 aromatic carbocycles. The van der Waals surface area contributed by atoms with Crippen molar-refractivity contribution in [1.82, 2.24) is 4.90 Å². The third-order valence-electron chi connectivity index (χ3n) is 4.17. The van der Waals surface area contributed by atoms with Crippen molar-refractivity contribution >= 4 is 16.7 Å². The van der Waals surface area contributed by atoms with E-state index in [2.05, 4.69) is 36.4 Å². The highest BCUT2D eigenvalue weighted by atomic mass is 16.2. The van der Waals surface area contributed by atoms with Crippen LogP contribution in [0, 0.1) is 0 Å². The first-order chi connectivity index (χ1) is 11.3. The minimum Gasteiger partial charge on any atom is -0.338 e. The van der Waals surface area contributed by atoms with Crippen molar-refractivity contribution in [2.75, 3.05) is 6.54 Å². The first kappa shape index (κ1) is 15.3. The van der Waals surface area contributed by atoms with Gasteiger partial charge in [-0.1, -0.05) is 72.8 Å². The molecule has 0 fully saturated rings. The van der Waals surface area contributed by atoms with Crippen LogP contribution >= 0.6 is 0 Å². The van der Waals surface area contributed by atoms with Crippen molar-refractivity contribution in [3.8, 4) is 0 Å². The quantitative estimate of drug-likeness (QED) is 0.683. The van der Waals surface area contributed by atoms with Gasteiger partial charge in [0.15, 0.2) is 0 Å². The molecule has 0 aliphatic rings. The average molecular weight is 303 g/mol. The summed E-state index contributed by atoms with van der Waals surface area (Å²) in [5.41, 5.74) is 2.26.